The summed E-state index contributed by atoms with van der Waals surface area (Å²) in [7, 11) is 0. The Balaban J connectivity index is 1.60. The van der Waals surface area contributed by atoms with Gasteiger partial charge < -0.3 is 14.6 Å². The average molecular weight is 315 g/mol. The van der Waals surface area contributed by atoms with Gasteiger partial charge in [0.05, 0.1) is 18.2 Å². The zero-order valence-corrected chi connectivity index (χ0v) is 12.6. The summed E-state index contributed by atoms with van der Waals surface area (Å²) >= 11 is 0. The third-order valence-corrected chi connectivity index (χ3v) is 5.11. The van der Waals surface area contributed by atoms with Crippen LogP contribution in [0, 0.1) is 0 Å². The second-order valence-corrected chi connectivity index (χ2v) is 6.85. The molecule has 2 aliphatic carbocycles. The summed E-state index contributed by atoms with van der Waals surface area (Å²) in [6.07, 6.45) is 7.30. The third-order valence-electron chi connectivity index (χ3n) is 5.11. The molecule has 2 aromatic rings. The molecule has 2 atom stereocenters. The van der Waals surface area contributed by atoms with Gasteiger partial charge in [0.2, 0.25) is 5.88 Å². The summed E-state index contributed by atoms with van der Waals surface area (Å²) in [6.45, 7) is 0.670. The molecule has 0 aromatic carbocycles. The number of carboxylic acid groups (broad SMARTS) is 1. The third kappa shape index (κ3) is 2.03. The predicted molar refractivity (Wildman–Crippen MR) is 79.7 cm³/mol. The molecule has 0 spiro atoms. The number of carbonyl (C=O) groups is 1. The normalized spacial score (nSPS) is 29.3. The van der Waals surface area contributed by atoms with E-state index < -0.39 is 5.97 Å². The SMILES string of the molecule is O=C(O)c1cc2cn([C@]34CC[C@H](C3)OC4)nc2nc1OC1CC1. The van der Waals surface area contributed by atoms with Crippen molar-refractivity contribution in [3.8, 4) is 5.88 Å². The Morgan fingerprint density at radius 2 is 2.30 bits per heavy atom. The Hall–Kier alpha value is -2.15. The summed E-state index contributed by atoms with van der Waals surface area (Å²) in [5.74, 6) is -0.840. The quantitative estimate of drug-likeness (QED) is 0.928. The number of nitrogens with zero attached hydrogens (tertiary/aromatic N) is 3. The average Bonchev–Trinajstić information content (AvgIpc) is 2.99. The van der Waals surface area contributed by atoms with Crippen LogP contribution >= 0.6 is 0 Å². The first kappa shape index (κ1) is 13.3. The van der Waals surface area contributed by atoms with Gasteiger partial charge in [-0.15, -0.1) is 0 Å². The first-order chi connectivity index (χ1) is 11.1. The van der Waals surface area contributed by atoms with E-state index in [0.29, 0.717) is 18.4 Å². The number of hydrogen-bond acceptors (Lipinski definition) is 5. The lowest BCUT2D eigenvalue weighted by Gasteiger charge is -2.25. The number of aromatic carboxylic acids is 1. The highest BCUT2D eigenvalue weighted by Gasteiger charge is 2.48. The van der Waals surface area contributed by atoms with Crippen molar-refractivity contribution in [3.05, 3.63) is 17.8 Å². The molecule has 7 nitrogen and oxygen atoms in total. The lowest BCUT2D eigenvalue weighted by atomic mass is 10.0. The van der Waals surface area contributed by atoms with E-state index in [1.54, 1.807) is 6.07 Å². The van der Waals surface area contributed by atoms with Crippen molar-refractivity contribution < 1.29 is 19.4 Å². The monoisotopic (exact) mass is 315 g/mol. The Bertz CT molecular complexity index is 803. The molecular weight excluding hydrogens is 298 g/mol. The molecule has 5 rings (SSSR count). The summed E-state index contributed by atoms with van der Waals surface area (Å²) in [5, 5.41) is 14.8. The van der Waals surface area contributed by atoms with E-state index in [0.717, 1.165) is 37.5 Å². The number of carboxylic acids is 1. The van der Waals surface area contributed by atoms with Gasteiger partial charge in [-0.2, -0.15) is 10.1 Å². The van der Waals surface area contributed by atoms with E-state index in [2.05, 4.69) is 10.1 Å². The molecule has 3 aliphatic rings. The lowest BCUT2D eigenvalue weighted by molar-refractivity contribution is 0.0509. The second-order valence-electron chi connectivity index (χ2n) is 6.85. The van der Waals surface area contributed by atoms with Gasteiger partial charge >= 0.3 is 5.97 Å². The molecule has 23 heavy (non-hydrogen) atoms. The smallest absolute Gasteiger partial charge is 0.341 e. The van der Waals surface area contributed by atoms with E-state index in [4.69, 9.17) is 9.47 Å². The molecule has 0 unspecified atom stereocenters. The first-order valence-electron chi connectivity index (χ1n) is 8.05. The number of ether oxygens (including phenoxy) is 2. The fraction of sp³-hybridized carbons (Fsp3) is 0.562. The lowest BCUT2D eigenvalue weighted by Crippen LogP contribution is -2.33. The summed E-state index contributed by atoms with van der Waals surface area (Å²) in [4.78, 5) is 15.9. The first-order valence-corrected chi connectivity index (χ1v) is 8.05. The molecule has 120 valence electrons. The number of rotatable bonds is 4. The van der Waals surface area contributed by atoms with Crippen LogP contribution in [0.3, 0.4) is 0 Å². The van der Waals surface area contributed by atoms with E-state index in [1.165, 1.54) is 0 Å². The summed E-state index contributed by atoms with van der Waals surface area (Å²) in [5.41, 5.74) is 0.551. The summed E-state index contributed by atoms with van der Waals surface area (Å²) < 4.78 is 13.3. The Labute approximate surface area is 132 Å². The van der Waals surface area contributed by atoms with Crippen molar-refractivity contribution in [1.29, 1.82) is 0 Å². The molecule has 3 heterocycles. The molecule has 2 aromatic heterocycles. The van der Waals surface area contributed by atoms with Crippen molar-refractivity contribution in [2.75, 3.05) is 6.61 Å². The number of fused-ring (bicyclic) bond motifs is 3. The second kappa shape index (κ2) is 4.44. The van der Waals surface area contributed by atoms with Crippen molar-refractivity contribution in [2.24, 2.45) is 0 Å². The van der Waals surface area contributed by atoms with E-state index in [-0.39, 0.29) is 23.1 Å². The molecule has 7 heteroatoms. The molecule has 1 saturated heterocycles. The van der Waals surface area contributed by atoms with Gasteiger partial charge in [-0.25, -0.2) is 4.79 Å². The van der Waals surface area contributed by atoms with Crippen LogP contribution in [0.1, 0.15) is 42.5 Å². The van der Waals surface area contributed by atoms with E-state index in [1.807, 2.05) is 10.9 Å². The van der Waals surface area contributed by atoms with Gasteiger partial charge in [-0.3, -0.25) is 4.68 Å². The maximum Gasteiger partial charge on any atom is 0.341 e. The molecule has 0 amide bonds. The van der Waals surface area contributed by atoms with Crippen LogP contribution in [0.15, 0.2) is 12.3 Å². The van der Waals surface area contributed by atoms with Crippen LogP contribution < -0.4 is 4.74 Å². The van der Waals surface area contributed by atoms with Crippen molar-refractivity contribution >= 4 is 17.0 Å². The zero-order chi connectivity index (χ0) is 15.6. The molecular formula is C16H17N3O4. The highest BCUT2D eigenvalue weighted by atomic mass is 16.5. The maximum absolute atomic E-state index is 11.5. The Kier molecular flexibility index (Phi) is 2.57. The van der Waals surface area contributed by atoms with Gasteiger partial charge in [0.1, 0.15) is 11.7 Å². The standard InChI is InChI=1S/C16H17N3O4/c20-15(21)12-5-9-7-19(16-4-3-11(6-16)22-8-16)18-13(9)17-14(12)23-10-1-2-10/h5,7,10-11H,1-4,6,8H2,(H,20,21)/t11-,16-/m1/s1. The van der Waals surface area contributed by atoms with Crippen LogP contribution in [0.5, 0.6) is 5.88 Å². The minimum Gasteiger partial charge on any atom is -0.477 e. The zero-order valence-electron chi connectivity index (χ0n) is 12.6. The molecule has 2 saturated carbocycles. The summed E-state index contributed by atoms with van der Waals surface area (Å²) in [6, 6.07) is 1.62. The largest absolute Gasteiger partial charge is 0.477 e. The van der Waals surface area contributed by atoms with Crippen molar-refractivity contribution in [2.45, 2.75) is 49.9 Å². The fourth-order valence-corrected chi connectivity index (χ4v) is 3.65. The topological polar surface area (TPSA) is 86.5 Å². The van der Waals surface area contributed by atoms with Gasteiger partial charge in [0.15, 0.2) is 5.65 Å². The number of pyridine rings is 1. The van der Waals surface area contributed by atoms with Crippen LogP contribution in [0.25, 0.3) is 11.0 Å². The predicted octanol–water partition coefficient (Wildman–Crippen LogP) is 1.95. The molecule has 1 N–H and O–H groups in total. The Morgan fingerprint density at radius 3 is 2.91 bits per heavy atom. The van der Waals surface area contributed by atoms with Crippen LogP contribution in [0.2, 0.25) is 0 Å². The minimum absolute atomic E-state index is 0.0910. The fourth-order valence-electron chi connectivity index (χ4n) is 3.65. The molecule has 1 aliphatic heterocycles. The maximum atomic E-state index is 11.5. The Morgan fingerprint density at radius 1 is 1.43 bits per heavy atom. The molecule has 0 radical (unpaired) electrons. The molecule has 3 fully saturated rings. The highest BCUT2D eigenvalue weighted by molar-refractivity contribution is 5.94. The van der Waals surface area contributed by atoms with Gasteiger partial charge in [-0.05, 0) is 31.7 Å². The van der Waals surface area contributed by atoms with Crippen LogP contribution in [0.4, 0.5) is 0 Å². The number of hydrogen-bond donors (Lipinski definition) is 1. The van der Waals surface area contributed by atoms with Gasteiger partial charge in [-0.1, -0.05) is 0 Å². The van der Waals surface area contributed by atoms with Crippen LogP contribution in [-0.4, -0.2) is 44.7 Å². The molecule has 2 bridgehead atoms. The van der Waals surface area contributed by atoms with E-state index in [9.17, 15) is 9.90 Å². The minimum atomic E-state index is -1.02. The van der Waals surface area contributed by atoms with Gasteiger partial charge in [0.25, 0.3) is 0 Å². The van der Waals surface area contributed by atoms with Crippen molar-refractivity contribution in [1.82, 2.24) is 14.8 Å². The van der Waals surface area contributed by atoms with Crippen molar-refractivity contribution in [3.63, 3.8) is 0 Å². The number of aromatic nitrogens is 3. The van der Waals surface area contributed by atoms with E-state index >= 15 is 0 Å². The van der Waals surface area contributed by atoms with Crippen LogP contribution in [-0.2, 0) is 10.3 Å². The van der Waals surface area contributed by atoms with Gasteiger partial charge in [0, 0.05) is 18.0 Å². The highest BCUT2D eigenvalue weighted by Crippen LogP contribution is 2.44.